The Kier molecular flexibility index (Phi) is 5.51. The van der Waals surface area contributed by atoms with Gasteiger partial charge in [0.05, 0.1) is 10.5 Å². The van der Waals surface area contributed by atoms with Gasteiger partial charge in [-0.05, 0) is 35.9 Å². The molecule has 0 unspecified atom stereocenters. The molecule has 2 rings (SSSR count). The van der Waals surface area contributed by atoms with Crippen LogP contribution >= 0.6 is 0 Å². The van der Waals surface area contributed by atoms with Gasteiger partial charge >= 0.3 is 5.97 Å². The van der Waals surface area contributed by atoms with Crippen LogP contribution in [0.4, 0.5) is 10.1 Å². The van der Waals surface area contributed by atoms with Crippen molar-refractivity contribution in [2.24, 2.45) is 0 Å². The van der Waals surface area contributed by atoms with E-state index in [2.05, 4.69) is 0 Å². The molecule has 122 valence electrons. The van der Waals surface area contributed by atoms with Crippen molar-refractivity contribution in [1.29, 1.82) is 0 Å². The number of nitrogens with zero attached hydrogens (tertiary/aromatic N) is 1. The third kappa shape index (κ3) is 4.57. The van der Waals surface area contributed by atoms with Crippen LogP contribution in [0.5, 0.6) is 0 Å². The average Bonchev–Trinajstić information content (AvgIpc) is 2.58. The van der Waals surface area contributed by atoms with Crippen molar-refractivity contribution in [2.75, 3.05) is 6.61 Å². The van der Waals surface area contributed by atoms with Gasteiger partial charge in [0.15, 0.2) is 6.61 Å². The number of non-ortho nitro benzene ring substituents is 1. The lowest BCUT2D eigenvalue weighted by Crippen LogP contribution is -2.13. The summed E-state index contributed by atoms with van der Waals surface area (Å²) in [6, 6.07) is 10.9. The Balaban J connectivity index is 1.90. The summed E-state index contributed by atoms with van der Waals surface area (Å²) < 4.78 is 18.1. The van der Waals surface area contributed by atoms with Crippen LogP contribution in [0.1, 0.15) is 15.9 Å². The van der Waals surface area contributed by atoms with Gasteiger partial charge < -0.3 is 4.74 Å². The first-order valence-electron chi connectivity index (χ1n) is 6.84. The van der Waals surface area contributed by atoms with Crippen molar-refractivity contribution in [3.8, 4) is 0 Å². The number of carbonyl (C=O) groups excluding carboxylic acids is 2. The van der Waals surface area contributed by atoms with Crippen molar-refractivity contribution >= 4 is 23.5 Å². The SMILES string of the molecule is O=C(/C=C/c1ccc([N+](=O)[O-])cc1)OCC(=O)c1ccccc1F. The quantitative estimate of drug-likeness (QED) is 0.267. The second-order valence-electron chi connectivity index (χ2n) is 4.69. The summed E-state index contributed by atoms with van der Waals surface area (Å²) in [7, 11) is 0. The summed E-state index contributed by atoms with van der Waals surface area (Å²) >= 11 is 0. The Morgan fingerprint density at radius 2 is 1.79 bits per heavy atom. The molecule has 0 N–H and O–H groups in total. The van der Waals surface area contributed by atoms with E-state index in [0.29, 0.717) is 5.56 Å². The van der Waals surface area contributed by atoms with Gasteiger partial charge in [0.2, 0.25) is 5.78 Å². The maximum absolute atomic E-state index is 13.4. The lowest BCUT2D eigenvalue weighted by Gasteiger charge is -2.02. The molecule has 0 aliphatic rings. The van der Waals surface area contributed by atoms with Crippen LogP contribution in [0.15, 0.2) is 54.6 Å². The van der Waals surface area contributed by atoms with Crippen molar-refractivity contribution in [1.82, 2.24) is 0 Å². The largest absolute Gasteiger partial charge is 0.454 e. The summed E-state index contributed by atoms with van der Waals surface area (Å²) in [6.07, 6.45) is 2.47. The minimum absolute atomic E-state index is 0.0646. The molecule has 0 fully saturated rings. The Labute approximate surface area is 136 Å². The van der Waals surface area contributed by atoms with E-state index in [0.717, 1.165) is 12.1 Å². The standard InChI is InChI=1S/C17H12FNO5/c18-15-4-2-1-3-14(15)16(20)11-24-17(21)10-7-12-5-8-13(9-6-12)19(22)23/h1-10H,11H2/b10-7+. The first-order chi connectivity index (χ1) is 11.5. The molecular formula is C17H12FNO5. The number of hydrogen-bond donors (Lipinski definition) is 0. The van der Waals surface area contributed by atoms with Crippen LogP contribution in [-0.2, 0) is 9.53 Å². The number of nitro benzene ring substituents is 1. The number of rotatable bonds is 6. The number of esters is 1. The number of ether oxygens (including phenoxy) is 1. The van der Waals surface area contributed by atoms with Gasteiger partial charge in [-0.25, -0.2) is 9.18 Å². The van der Waals surface area contributed by atoms with Crippen molar-refractivity contribution in [3.63, 3.8) is 0 Å². The van der Waals surface area contributed by atoms with E-state index in [1.165, 1.54) is 48.5 Å². The molecule has 2 aromatic carbocycles. The predicted molar refractivity (Wildman–Crippen MR) is 83.8 cm³/mol. The Morgan fingerprint density at radius 3 is 2.42 bits per heavy atom. The molecule has 0 saturated heterocycles. The number of ketones is 1. The molecule has 0 spiro atoms. The van der Waals surface area contributed by atoms with Crippen LogP contribution in [0.2, 0.25) is 0 Å². The fourth-order valence-corrected chi connectivity index (χ4v) is 1.82. The lowest BCUT2D eigenvalue weighted by molar-refractivity contribution is -0.384. The highest BCUT2D eigenvalue weighted by Crippen LogP contribution is 2.13. The predicted octanol–water partition coefficient (Wildman–Crippen LogP) is 3.17. The van der Waals surface area contributed by atoms with Crippen molar-refractivity contribution in [2.45, 2.75) is 0 Å². The maximum atomic E-state index is 13.4. The van der Waals surface area contributed by atoms with E-state index < -0.39 is 29.1 Å². The topological polar surface area (TPSA) is 86.5 Å². The van der Waals surface area contributed by atoms with Crippen molar-refractivity contribution < 1.29 is 23.6 Å². The van der Waals surface area contributed by atoms with Crippen LogP contribution in [-0.4, -0.2) is 23.3 Å². The summed E-state index contributed by atoms with van der Waals surface area (Å²) in [5.74, 6) is -2.11. The first-order valence-corrected chi connectivity index (χ1v) is 6.84. The molecule has 7 heteroatoms. The molecule has 0 radical (unpaired) electrons. The molecule has 0 amide bonds. The van der Waals surface area contributed by atoms with E-state index in [1.54, 1.807) is 0 Å². The lowest BCUT2D eigenvalue weighted by atomic mass is 10.1. The zero-order chi connectivity index (χ0) is 17.5. The average molecular weight is 329 g/mol. The van der Waals surface area contributed by atoms with Gasteiger partial charge in [-0.1, -0.05) is 12.1 Å². The molecule has 0 bridgehead atoms. The van der Waals surface area contributed by atoms with Gasteiger partial charge in [-0.2, -0.15) is 0 Å². The summed E-state index contributed by atoms with van der Waals surface area (Å²) in [5, 5.41) is 10.5. The molecule has 6 nitrogen and oxygen atoms in total. The number of nitro groups is 1. The van der Waals surface area contributed by atoms with Crippen LogP contribution in [0.25, 0.3) is 6.08 Å². The van der Waals surface area contributed by atoms with E-state index in [1.807, 2.05) is 0 Å². The van der Waals surface area contributed by atoms with Gasteiger partial charge in [-0.3, -0.25) is 14.9 Å². The van der Waals surface area contributed by atoms with Gasteiger partial charge in [0, 0.05) is 18.2 Å². The first kappa shape index (κ1) is 17.0. The summed E-state index contributed by atoms with van der Waals surface area (Å²) in [5.41, 5.74) is 0.341. The molecule has 0 aromatic heterocycles. The highest BCUT2D eigenvalue weighted by Gasteiger charge is 2.12. The van der Waals surface area contributed by atoms with Gasteiger partial charge in [0.25, 0.3) is 5.69 Å². The number of carbonyl (C=O) groups is 2. The third-order valence-electron chi connectivity index (χ3n) is 3.04. The smallest absolute Gasteiger partial charge is 0.331 e. The number of Topliss-reactive ketones (excluding diaryl/α,β-unsaturated/α-hetero) is 1. The number of benzene rings is 2. The molecule has 0 aliphatic carbocycles. The van der Waals surface area contributed by atoms with E-state index in [4.69, 9.17) is 4.74 Å². The fraction of sp³-hybridized carbons (Fsp3) is 0.0588. The Bertz CT molecular complexity index is 799. The van der Waals surface area contributed by atoms with E-state index >= 15 is 0 Å². The third-order valence-corrected chi connectivity index (χ3v) is 3.04. The summed E-state index contributed by atoms with van der Waals surface area (Å²) in [6.45, 7) is -0.579. The molecule has 0 aliphatic heterocycles. The molecule has 2 aromatic rings. The molecular weight excluding hydrogens is 317 g/mol. The van der Waals surface area contributed by atoms with Crippen LogP contribution in [0, 0.1) is 15.9 Å². The Hall–Kier alpha value is -3.35. The molecule has 0 atom stereocenters. The molecule has 0 heterocycles. The minimum Gasteiger partial charge on any atom is -0.454 e. The van der Waals surface area contributed by atoms with E-state index in [-0.39, 0.29) is 11.3 Å². The highest BCUT2D eigenvalue weighted by atomic mass is 19.1. The zero-order valence-corrected chi connectivity index (χ0v) is 12.3. The van der Waals surface area contributed by atoms with E-state index in [9.17, 15) is 24.1 Å². The monoisotopic (exact) mass is 329 g/mol. The number of hydrogen-bond acceptors (Lipinski definition) is 5. The number of halogens is 1. The normalized spacial score (nSPS) is 10.5. The second kappa shape index (κ2) is 7.77. The van der Waals surface area contributed by atoms with Gasteiger partial charge in [0.1, 0.15) is 5.82 Å². The maximum Gasteiger partial charge on any atom is 0.331 e. The Morgan fingerprint density at radius 1 is 1.12 bits per heavy atom. The van der Waals surface area contributed by atoms with Crippen molar-refractivity contribution in [3.05, 3.63) is 81.7 Å². The van der Waals surface area contributed by atoms with Crippen LogP contribution in [0.3, 0.4) is 0 Å². The molecule has 0 saturated carbocycles. The molecule has 24 heavy (non-hydrogen) atoms. The second-order valence-corrected chi connectivity index (χ2v) is 4.69. The highest BCUT2D eigenvalue weighted by molar-refractivity contribution is 5.99. The fourth-order valence-electron chi connectivity index (χ4n) is 1.82. The summed E-state index contributed by atoms with van der Waals surface area (Å²) in [4.78, 5) is 33.3. The minimum atomic E-state index is -0.780. The zero-order valence-electron chi connectivity index (χ0n) is 12.3. The van der Waals surface area contributed by atoms with Gasteiger partial charge in [-0.15, -0.1) is 0 Å². The van der Waals surface area contributed by atoms with Crippen LogP contribution < -0.4 is 0 Å².